The predicted molar refractivity (Wildman–Crippen MR) is 64.1 cm³/mol. The van der Waals surface area contributed by atoms with Crippen LogP contribution in [-0.2, 0) is 6.54 Å². The molecule has 0 aliphatic heterocycles. The van der Waals surface area contributed by atoms with Crippen molar-refractivity contribution < 1.29 is 10.3 Å². The number of rotatable bonds is 5. The molecule has 3 nitrogen and oxygen atoms in total. The summed E-state index contributed by atoms with van der Waals surface area (Å²) in [6.45, 7) is 5.82. The summed E-state index contributed by atoms with van der Waals surface area (Å²) in [5.74, 6) is 0. The van der Waals surface area contributed by atoms with Crippen LogP contribution in [0.25, 0.3) is 0 Å². The Balaban J connectivity index is 2.67. The zero-order chi connectivity index (χ0) is 12.2. The molecule has 1 atom stereocenters. The molecule has 1 aromatic carbocycles. The lowest BCUT2D eigenvalue weighted by molar-refractivity contribution is -0.184. The lowest BCUT2D eigenvalue weighted by Gasteiger charge is -2.34. The Hall–Kier alpha value is -0.900. The number of nitrogens with zero attached hydrogens (tertiary/aromatic N) is 1. The van der Waals surface area contributed by atoms with E-state index in [4.69, 9.17) is 0 Å². The normalized spacial score (nSPS) is 14.1. The topological polar surface area (TPSA) is 43.7 Å². The van der Waals surface area contributed by atoms with Crippen LogP contribution in [0.5, 0.6) is 0 Å². The molecule has 0 spiro atoms. The molecule has 0 amide bonds. The van der Waals surface area contributed by atoms with Crippen LogP contribution in [0, 0.1) is 0 Å². The van der Waals surface area contributed by atoms with Gasteiger partial charge in [0.1, 0.15) is 0 Å². The van der Waals surface area contributed by atoms with E-state index in [0.29, 0.717) is 13.0 Å². The quantitative estimate of drug-likeness (QED) is 0.753. The number of hydroxylamine groups is 2. The van der Waals surface area contributed by atoms with Gasteiger partial charge in [-0.2, -0.15) is 5.06 Å². The highest BCUT2D eigenvalue weighted by atomic mass is 16.5. The highest BCUT2D eigenvalue weighted by molar-refractivity contribution is 5.14. The minimum absolute atomic E-state index is 0.257. The molecule has 0 aromatic heterocycles. The van der Waals surface area contributed by atoms with E-state index in [1.54, 1.807) is 13.8 Å². The summed E-state index contributed by atoms with van der Waals surface area (Å²) >= 11 is 0. The zero-order valence-electron chi connectivity index (χ0n) is 10.2. The molecule has 2 N–H and O–H groups in total. The van der Waals surface area contributed by atoms with Gasteiger partial charge >= 0.3 is 0 Å². The van der Waals surface area contributed by atoms with Crippen LogP contribution < -0.4 is 0 Å². The second-order valence-electron chi connectivity index (χ2n) is 4.66. The molecule has 1 rings (SSSR count). The standard InChI is InChI=1S/C13H21NO2/c1-4-12(13(2,3)15)14(16)10-11-8-6-5-7-9-11/h5-9,12,15-16H,4,10H2,1-3H3. The van der Waals surface area contributed by atoms with Gasteiger partial charge in [-0.15, -0.1) is 0 Å². The van der Waals surface area contributed by atoms with Gasteiger partial charge in [-0.3, -0.25) is 0 Å². The summed E-state index contributed by atoms with van der Waals surface area (Å²) in [4.78, 5) is 0. The first kappa shape index (κ1) is 13.2. The van der Waals surface area contributed by atoms with Gasteiger partial charge in [-0.25, -0.2) is 0 Å². The van der Waals surface area contributed by atoms with Crippen molar-refractivity contribution in [3.05, 3.63) is 35.9 Å². The van der Waals surface area contributed by atoms with Crippen molar-refractivity contribution in [1.82, 2.24) is 5.06 Å². The summed E-state index contributed by atoms with van der Waals surface area (Å²) < 4.78 is 0. The van der Waals surface area contributed by atoms with Crippen molar-refractivity contribution in [3.8, 4) is 0 Å². The highest BCUT2D eigenvalue weighted by Gasteiger charge is 2.30. The Bertz CT molecular complexity index is 305. The van der Waals surface area contributed by atoms with E-state index in [1.807, 2.05) is 37.3 Å². The third kappa shape index (κ3) is 3.59. The third-order valence-corrected chi connectivity index (χ3v) is 2.75. The molecular formula is C13H21NO2. The molecule has 0 fully saturated rings. The largest absolute Gasteiger partial charge is 0.389 e. The third-order valence-electron chi connectivity index (χ3n) is 2.75. The molecule has 1 aromatic rings. The maximum absolute atomic E-state index is 9.97. The monoisotopic (exact) mass is 223 g/mol. The average Bonchev–Trinajstić information content (AvgIpc) is 2.17. The average molecular weight is 223 g/mol. The van der Waals surface area contributed by atoms with Crippen LogP contribution in [0.4, 0.5) is 0 Å². The maximum atomic E-state index is 9.97. The van der Waals surface area contributed by atoms with Crippen molar-refractivity contribution in [2.24, 2.45) is 0 Å². The smallest absolute Gasteiger partial charge is 0.0769 e. The van der Waals surface area contributed by atoms with Crippen LogP contribution in [0.2, 0.25) is 0 Å². The van der Waals surface area contributed by atoms with E-state index >= 15 is 0 Å². The lowest BCUT2D eigenvalue weighted by Crippen LogP contribution is -2.47. The van der Waals surface area contributed by atoms with Gasteiger partial charge in [0.05, 0.1) is 11.6 Å². The van der Waals surface area contributed by atoms with Crippen LogP contribution in [0.3, 0.4) is 0 Å². The summed E-state index contributed by atoms with van der Waals surface area (Å²) in [6, 6.07) is 9.48. The fraction of sp³-hybridized carbons (Fsp3) is 0.538. The van der Waals surface area contributed by atoms with Crippen LogP contribution >= 0.6 is 0 Å². The number of aliphatic hydroxyl groups is 1. The molecule has 0 bridgehead atoms. The van der Waals surface area contributed by atoms with Crippen molar-refractivity contribution in [2.75, 3.05) is 0 Å². The van der Waals surface area contributed by atoms with Gasteiger partial charge in [-0.1, -0.05) is 37.3 Å². The Morgan fingerprint density at radius 2 is 1.81 bits per heavy atom. The minimum atomic E-state index is -0.904. The van der Waals surface area contributed by atoms with Crippen molar-refractivity contribution in [2.45, 2.75) is 45.4 Å². The first-order valence-electron chi connectivity index (χ1n) is 5.67. The first-order valence-corrected chi connectivity index (χ1v) is 5.67. The van der Waals surface area contributed by atoms with Gasteiger partial charge in [0.2, 0.25) is 0 Å². The molecule has 0 aliphatic carbocycles. The molecule has 0 saturated heterocycles. The molecule has 0 aliphatic rings. The number of hydrogen-bond donors (Lipinski definition) is 2. The zero-order valence-corrected chi connectivity index (χ0v) is 10.2. The van der Waals surface area contributed by atoms with Crippen LogP contribution in [0.15, 0.2) is 30.3 Å². The van der Waals surface area contributed by atoms with Crippen molar-refractivity contribution in [3.63, 3.8) is 0 Å². The van der Waals surface area contributed by atoms with Gasteiger partial charge in [0.25, 0.3) is 0 Å². The Labute approximate surface area is 97.3 Å². The van der Waals surface area contributed by atoms with E-state index in [-0.39, 0.29) is 6.04 Å². The van der Waals surface area contributed by atoms with Crippen LogP contribution in [0.1, 0.15) is 32.8 Å². The van der Waals surface area contributed by atoms with Crippen molar-refractivity contribution >= 4 is 0 Å². The molecular weight excluding hydrogens is 202 g/mol. The molecule has 3 heteroatoms. The lowest BCUT2D eigenvalue weighted by atomic mass is 9.96. The van der Waals surface area contributed by atoms with Crippen LogP contribution in [-0.4, -0.2) is 27.0 Å². The van der Waals surface area contributed by atoms with E-state index in [0.717, 1.165) is 5.56 Å². The fourth-order valence-electron chi connectivity index (χ4n) is 1.96. The first-order chi connectivity index (χ1) is 7.45. The maximum Gasteiger partial charge on any atom is 0.0769 e. The van der Waals surface area contributed by atoms with Gasteiger partial charge in [-0.05, 0) is 25.8 Å². The van der Waals surface area contributed by atoms with Gasteiger partial charge in [0.15, 0.2) is 0 Å². The second kappa shape index (κ2) is 5.43. The van der Waals surface area contributed by atoms with E-state index in [2.05, 4.69) is 0 Å². The number of hydrogen-bond acceptors (Lipinski definition) is 3. The van der Waals surface area contributed by atoms with E-state index in [1.165, 1.54) is 5.06 Å². The van der Waals surface area contributed by atoms with Gasteiger partial charge < -0.3 is 10.3 Å². The molecule has 0 saturated carbocycles. The molecule has 16 heavy (non-hydrogen) atoms. The highest BCUT2D eigenvalue weighted by Crippen LogP contribution is 2.19. The number of benzene rings is 1. The predicted octanol–water partition coefficient (Wildman–Crippen LogP) is 2.43. The molecule has 0 heterocycles. The summed E-state index contributed by atoms with van der Waals surface area (Å²) in [5, 5.41) is 21.1. The molecule has 90 valence electrons. The van der Waals surface area contributed by atoms with E-state index in [9.17, 15) is 10.3 Å². The summed E-state index contributed by atoms with van der Waals surface area (Å²) in [5.41, 5.74) is 0.130. The molecule has 1 unspecified atom stereocenters. The SMILES string of the molecule is CCC(N(O)Cc1ccccc1)C(C)(C)O. The Morgan fingerprint density at radius 3 is 2.25 bits per heavy atom. The fourth-order valence-corrected chi connectivity index (χ4v) is 1.96. The minimum Gasteiger partial charge on any atom is -0.389 e. The Morgan fingerprint density at radius 1 is 1.25 bits per heavy atom. The Kier molecular flexibility index (Phi) is 4.47. The van der Waals surface area contributed by atoms with Gasteiger partial charge in [0, 0.05) is 6.54 Å². The summed E-state index contributed by atoms with van der Waals surface area (Å²) in [6.07, 6.45) is 0.701. The summed E-state index contributed by atoms with van der Waals surface area (Å²) in [7, 11) is 0. The van der Waals surface area contributed by atoms with E-state index < -0.39 is 5.60 Å². The van der Waals surface area contributed by atoms with Crippen molar-refractivity contribution in [1.29, 1.82) is 0 Å². The molecule has 0 radical (unpaired) electrons. The second-order valence-corrected chi connectivity index (χ2v) is 4.66.